The van der Waals surface area contributed by atoms with Gasteiger partial charge in [0.05, 0.1) is 18.8 Å². The van der Waals surface area contributed by atoms with E-state index in [1.165, 1.54) is 12.8 Å². The molecule has 1 radical (unpaired) electrons. The number of aliphatic hydroxyl groups is 2. The molecule has 0 aromatic rings. The number of carbonyl (C=O) groups is 1. The summed E-state index contributed by atoms with van der Waals surface area (Å²) in [4.78, 5) is 10.3. The molecule has 0 aromatic carbocycles. The van der Waals surface area contributed by atoms with Crippen LogP contribution in [0, 0.1) is 5.41 Å². The molecule has 0 saturated heterocycles. The molecule has 0 saturated carbocycles. The summed E-state index contributed by atoms with van der Waals surface area (Å²) in [6, 6.07) is 0.218. The number of rotatable bonds is 6. The number of carbonyl (C=O) groups excluding carboxylic acids is 1. The van der Waals surface area contributed by atoms with Crippen LogP contribution in [0.1, 0.15) is 66.2 Å². The van der Waals surface area contributed by atoms with E-state index >= 15 is 0 Å². The van der Waals surface area contributed by atoms with Crippen LogP contribution in [0.15, 0.2) is 12.2 Å². The summed E-state index contributed by atoms with van der Waals surface area (Å²) in [5.74, 6) is 0. The maximum atomic E-state index is 10.3. The number of ether oxygens (including phenoxy) is 1. The Labute approximate surface area is 179 Å². The van der Waals surface area contributed by atoms with Gasteiger partial charge in [0.15, 0.2) is 0 Å². The quantitative estimate of drug-likeness (QED) is 0.491. The first-order valence-corrected chi connectivity index (χ1v) is 8.71. The Kier molecular flexibility index (Phi) is 21.4. The monoisotopic (exact) mass is 433 g/mol. The van der Waals surface area contributed by atoms with Crippen LogP contribution in [-0.4, -0.2) is 48.5 Å². The second kappa shape index (κ2) is 17.8. The van der Waals surface area contributed by atoms with Crippen LogP contribution in [-0.2, 0) is 42.2 Å². The molecule has 1 atom stereocenters. The number of allylic oxidation sites excluding steroid dienone is 2. The van der Waals surface area contributed by atoms with Crippen molar-refractivity contribution in [1.29, 1.82) is 0 Å². The zero-order valence-electron chi connectivity index (χ0n) is 16.8. The molecular weight excluding hydrogens is 395 g/mol. The minimum absolute atomic E-state index is 0. The molecule has 25 heavy (non-hydrogen) atoms. The molecule has 1 aliphatic rings. The molecule has 0 fully saturated rings. The first-order valence-electron chi connectivity index (χ1n) is 8.71. The molecule has 0 aromatic heterocycles. The van der Waals surface area contributed by atoms with Gasteiger partial charge in [-0.2, -0.15) is 0 Å². The SMILES string of the molecule is CC(C)(O)COCC(C)(C)CC=O.CO.[NH-]C1CC/C=C\CCC1.[Y]. The molecule has 0 spiro atoms. The van der Waals surface area contributed by atoms with Gasteiger partial charge in [-0.1, -0.05) is 45.3 Å². The summed E-state index contributed by atoms with van der Waals surface area (Å²) in [7, 11) is 1.00. The smallest absolute Gasteiger partial charge is 0.120 e. The van der Waals surface area contributed by atoms with Crippen molar-refractivity contribution in [3.63, 3.8) is 0 Å². The Hall–Kier alpha value is 0.354. The Morgan fingerprint density at radius 2 is 1.68 bits per heavy atom. The molecule has 0 amide bonds. The van der Waals surface area contributed by atoms with E-state index in [9.17, 15) is 9.90 Å². The minimum Gasteiger partial charge on any atom is -0.675 e. The summed E-state index contributed by atoms with van der Waals surface area (Å²) < 4.78 is 5.31. The van der Waals surface area contributed by atoms with E-state index in [0.29, 0.717) is 19.6 Å². The van der Waals surface area contributed by atoms with Crippen molar-refractivity contribution in [1.82, 2.24) is 0 Å². The van der Waals surface area contributed by atoms with Gasteiger partial charge in [0.1, 0.15) is 6.29 Å². The van der Waals surface area contributed by atoms with Gasteiger partial charge >= 0.3 is 0 Å². The fourth-order valence-corrected chi connectivity index (χ4v) is 2.02. The van der Waals surface area contributed by atoms with Gasteiger partial charge in [-0.25, -0.2) is 0 Å². The molecule has 5 nitrogen and oxygen atoms in total. The molecule has 0 aliphatic heterocycles. The first kappa shape index (κ1) is 30.1. The van der Waals surface area contributed by atoms with Crippen LogP contribution in [0.5, 0.6) is 0 Å². The molecule has 1 aliphatic carbocycles. The van der Waals surface area contributed by atoms with Crippen molar-refractivity contribution in [3.05, 3.63) is 17.9 Å². The van der Waals surface area contributed by atoms with Gasteiger partial charge in [-0.3, -0.25) is 0 Å². The van der Waals surface area contributed by atoms with Crippen molar-refractivity contribution >= 4 is 6.29 Å². The maximum Gasteiger partial charge on any atom is 0.120 e. The van der Waals surface area contributed by atoms with Gasteiger partial charge in [0.2, 0.25) is 0 Å². The van der Waals surface area contributed by atoms with Crippen LogP contribution in [0.3, 0.4) is 0 Å². The van der Waals surface area contributed by atoms with Crippen LogP contribution < -0.4 is 0 Å². The third-order valence-corrected chi connectivity index (χ3v) is 3.36. The average molecular weight is 433 g/mol. The predicted molar refractivity (Wildman–Crippen MR) is 100 cm³/mol. The Bertz CT molecular complexity index is 328. The summed E-state index contributed by atoms with van der Waals surface area (Å²) in [5, 5.41) is 16.3. The predicted octanol–water partition coefficient (Wildman–Crippen LogP) is 3.92. The van der Waals surface area contributed by atoms with Crippen molar-refractivity contribution in [2.45, 2.75) is 77.9 Å². The third kappa shape index (κ3) is 24.4. The number of hydrogen-bond acceptors (Lipinski definition) is 4. The van der Waals surface area contributed by atoms with Gasteiger partial charge in [0.25, 0.3) is 0 Å². The van der Waals surface area contributed by atoms with Crippen molar-refractivity contribution in [3.8, 4) is 0 Å². The Morgan fingerprint density at radius 3 is 2.20 bits per heavy atom. The molecule has 3 N–H and O–H groups in total. The fraction of sp³-hybridized carbons (Fsp3) is 0.842. The van der Waals surface area contributed by atoms with Crippen molar-refractivity contribution < 1.29 is 52.5 Å². The van der Waals surface area contributed by atoms with Gasteiger partial charge in [-0.15, -0.1) is 6.04 Å². The average Bonchev–Trinajstić information content (AvgIpc) is 2.44. The van der Waals surface area contributed by atoms with Gasteiger partial charge < -0.3 is 25.5 Å². The molecule has 1 rings (SSSR count). The first-order chi connectivity index (χ1) is 11.2. The van der Waals surface area contributed by atoms with Crippen LogP contribution in [0.25, 0.3) is 5.73 Å². The molecule has 147 valence electrons. The normalized spacial score (nSPS) is 18.8. The fourth-order valence-electron chi connectivity index (χ4n) is 2.02. The number of hydrogen-bond donors (Lipinski definition) is 2. The summed E-state index contributed by atoms with van der Waals surface area (Å²) in [6.45, 7) is 8.11. The standard InChI is InChI=1S/C10H20O3.C8H14N.CH4O.Y/c1-9(2,5-6-11)7-13-8-10(3,4)12;9-8-6-4-2-1-3-5-7-8;1-2;/h6,12H,5,7-8H2,1-4H3;1-2,8-9H,3-7H2;2H,1H3;/q;-1;;/b;2-1-;;. The second-order valence-corrected chi connectivity index (χ2v) is 7.52. The number of aldehydes is 1. The summed E-state index contributed by atoms with van der Waals surface area (Å²) >= 11 is 0. The zero-order chi connectivity index (χ0) is 19.1. The minimum atomic E-state index is -0.794. The second-order valence-electron chi connectivity index (χ2n) is 7.52. The Balaban J connectivity index is -0.000000353. The van der Waals surface area contributed by atoms with E-state index < -0.39 is 5.60 Å². The van der Waals surface area contributed by atoms with Gasteiger partial charge in [0, 0.05) is 46.2 Å². The number of aliphatic hydroxyl groups excluding tert-OH is 1. The largest absolute Gasteiger partial charge is 0.675 e. The van der Waals surface area contributed by atoms with E-state index in [-0.39, 0.29) is 44.2 Å². The van der Waals surface area contributed by atoms with E-state index in [2.05, 4.69) is 12.2 Å². The zero-order valence-corrected chi connectivity index (χ0v) is 19.6. The van der Waals surface area contributed by atoms with Gasteiger partial charge in [-0.05, 0) is 32.1 Å². The molecule has 0 heterocycles. The summed E-state index contributed by atoms with van der Waals surface area (Å²) in [5.41, 5.74) is 6.55. The summed E-state index contributed by atoms with van der Waals surface area (Å²) in [6.07, 6.45) is 11.5. The third-order valence-electron chi connectivity index (χ3n) is 3.36. The topological polar surface area (TPSA) is 90.6 Å². The maximum absolute atomic E-state index is 10.3. The molecule has 6 heteroatoms. The van der Waals surface area contributed by atoms with E-state index in [1.807, 2.05) is 13.8 Å². The number of nitrogens with one attached hydrogen (secondary N) is 1. The van der Waals surface area contributed by atoms with Crippen LogP contribution in [0.4, 0.5) is 0 Å². The Morgan fingerprint density at radius 1 is 1.12 bits per heavy atom. The van der Waals surface area contributed by atoms with Crippen molar-refractivity contribution in [2.75, 3.05) is 20.3 Å². The van der Waals surface area contributed by atoms with E-state index in [0.717, 1.165) is 32.7 Å². The molecule has 0 bridgehead atoms. The van der Waals surface area contributed by atoms with E-state index in [1.54, 1.807) is 13.8 Å². The van der Waals surface area contributed by atoms with Crippen LogP contribution in [0.2, 0.25) is 0 Å². The van der Waals surface area contributed by atoms with E-state index in [4.69, 9.17) is 15.6 Å². The van der Waals surface area contributed by atoms with Crippen LogP contribution >= 0.6 is 0 Å². The molecular formula is C19H38NO4Y-. The molecule has 1 unspecified atom stereocenters. The van der Waals surface area contributed by atoms with Crippen molar-refractivity contribution in [2.24, 2.45) is 5.41 Å².